The predicted octanol–water partition coefficient (Wildman–Crippen LogP) is 1.35. The molecular weight excluding hydrogens is 418 g/mol. The summed E-state index contributed by atoms with van der Waals surface area (Å²) in [6.07, 6.45) is 0.476. The van der Waals surface area contributed by atoms with Gasteiger partial charge in [0.1, 0.15) is 0 Å². The number of ether oxygens (including phenoxy) is 1. The summed E-state index contributed by atoms with van der Waals surface area (Å²) >= 11 is 4.48. The number of anilines is 1. The number of carbonyl (C=O) groups is 2. The monoisotopic (exact) mass is 441 g/mol. The summed E-state index contributed by atoms with van der Waals surface area (Å²) in [5.74, 6) is 0.440. The average Bonchev–Trinajstić information content (AvgIpc) is 3.39. The van der Waals surface area contributed by atoms with Gasteiger partial charge in [0.15, 0.2) is 4.34 Å². The summed E-state index contributed by atoms with van der Waals surface area (Å²) in [4.78, 5) is 29.3. The number of amides is 2. The van der Waals surface area contributed by atoms with Gasteiger partial charge in [-0.15, -0.1) is 21.5 Å². The van der Waals surface area contributed by atoms with Gasteiger partial charge >= 0.3 is 0 Å². The van der Waals surface area contributed by atoms with Crippen molar-refractivity contribution in [2.75, 3.05) is 57.1 Å². The van der Waals surface area contributed by atoms with Crippen molar-refractivity contribution < 1.29 is 14.3 Å². The second kappa shape index (κ2) is 10.7. The van der Waals surface area contributed by atoms with Gasteiger partial charge in [0, 0.05) is 44.7 Å². The van der Waals surface area contributed by atoms with Crippen molar-refractivity contribution in [3.8, 4) is 0 Å². The molecule has 1 saturated heterocycles. The molecular formula is C17H23N5O3S3. The van der Waals surface area contributed by atoms with E-state index in [4.69, 9.17) is 4.74 Å². The van der Waals surface area contributed by atoms with Gasteiger partial charge in [-0.05, 0) is 11.4 Å². The first-order valence-electron chi connectivity index (χ1n) is 8.92. The maximum absolute atomic E-state index is 12.4. The van der Waals surface area contributed by atoms with E-state index in [2.05, 4.69) is 20.4 Å². The lowest BCUT2D eigenvalue weighted by Crippen LogP contribution is -2.49. The summed E-state index contributed by atoms with van der Waals surface area (Å²) in [6, 6.07) is 3.97. The molecule has 1 aliphatic heterocycles. The Labute approximate surface area is 176 Å². The number of nitrogens with one attached hydrogen (secondary N) is 1. The summed E-state index contributed by atoms with van der Waals surface area (Å²) in [5.41, 5.74) is 0. The van der Waals surface area contributed by atoms with E-state index in [1.807, 2.05) is 22.4 Å². The van der Waals surface area contributed by atoms with Crippen LogP contribution in [0.3, 0.4) is 0 Å². The highest BCUT2D eigenvalue weighted by atomic mass is 32.2. The Hall–Kier alpha value is -1.69. The molecule has 0 aliphatic carbocycles. The quantitative estimate of drug-likeness (QED) is 0.464. The van der Waals surface area contributed by atoms with Crippen LogP contribution in [0.5, 0.6) is 0 Å². The highest BCUT2D eigenvalue weighted by molar-refractivity contribution is 8.01. The zero-order valence-corrected chi connectivity index (χ0v) is 18.1. The number of hydrogen-bond donors (Lipinski definition) is 1. The second-order valence-corrected chi connectivity index (χ2v) is 9.32. The fourth-order valence-corrected chi connectivity index (χ4v) is 5.10. The van der Waals surface area contributed by atoms with Crippen LogP contribution in [0.15, 0.2) is 21.9 Å². The molecule has 3 heterocycles. The van der Waals surface area contributed by atoms with Crippen LogP contribution in [0.1, 0.15) is 4.88 Å². The van der Waals surface area contributed by atoms with Gasteiger partial charge in [-0.25, -0.2) is 0 Å². The van der Waals surface area contributed by atoms with Gasteiger partial charge in [-0.3, -0.25) is 9.59 Å². The van der Waals surface area contributed by atoms with E-state index in [0.717, 1.165) is 27.4 Å². The molecule has 3 rings (SSSR count). The minimum Gasteiger partial charge on any atom is -0.383 e. The highest BCUT2D eigenvalue weighted by Crippen LogP contribution is 2.28. The van der Waals surface area contributed by atoms with Gasteiger partial charge in [-0.1, -0.05) is 29.2 Å². The lowest BCUT2D eigenvalue weighted by atomic mass is 10.2. The van der Waals surface area contributed by atoms with Crippen molar-refractivity contribution in [2.24, 2.45) is 0 Å². The zero-order valence-electron chi connectivity index (χ0n) is 15.6. The summed E-state index contributed by atoms with van der Waals surface area (Å²) < 4.78 is 5.67. The number of carbonyl (C=O) groups excluding carboxylic acids is 2. The Balaban J connectivity index is 1.41. The molecule has 11 heteroatoms. The van der Waals surface area contributed by atoms with Crippen LogP contribution in [0.2, 0.25) is 0 Å². The minimum absolute atomic E-state index is 0.0448. The van der Waals surface area contributed by atoms with Crippen molar-refractivity contribution in [3.05, 3.63) is 22.4 Å². The number of rotatable bonds is 9. The molecule has 0 saturated carbocycles. The van der Waals surface area contributed by atoms with Crippen molar-refractivity contribution in [2.45, 2.75) is 10.8 Å². The number of thiophene rings is 1. The van der Waals surface area contributed by atoms with Gasteiger partial charge in [0.05, 0.1) is 18.8 Å². The lowest BCUT2D eigenvalue weighted by Gasteiger charge is -2.34. The minimum atomic E-state index is -0.0448. The third-order valence-corrected chi connectivity index (χ3v) is 7.15. The van der Waals surface area contributed by atoms with Crippen LogP contribution in [-0.4, -0.2) is 79.1 Å². The molecule has 2 aromatic rings. The molecule has 8 nitrogen and oxygen atoms in total. The molecule has 1 fully saturated rings. The molecule has 0 radical (unpaired) electrons. The van der Waals surface area contributed by atoms with Crippen LogP contribution in [-0.2, 0) is 20.7 Å². The largest absolute Gasteiger partial charge is 0.383 e. The highest BCUT2D eigenvalue weighted by Gasteiger charge is 2.23. The third-order valence-electron chi connectivity index (χ3n) is 4.16. The summed E-state index contributed by atoms with van der Waals surface area (Å²) in [6.45, 7) is 3.87. The number of nitrogens with zero attached hydrogens (tertiary/aromatic N) is 4. The van der Waals surface area contributed by atoms with Crippen LogP contribution in [0, 0.1) is 0 Å². The van der Waals surface area contributed by atoms with Gasteiger partial charge in [0.2, 0.25) is 16.9 Å². The SMILES string of the molecule is COCCNC(=O)CSc1nnc(N2CCN(C(=O)Cc3cccs3)CC2)s1. The molecule has 0 spiro atoms. The van der Waals surface area contributed by atoms with E-state index in [-0.39, 0.29) is 11.8 Å². The zero-order chi connectivity index (χ0) is 19.8. The van der Waals surface area contributed by atoms with Gasteiger partial charge < -0.3 is 19.9 Å². The molecule has 1 aliphatic rings. The number of methoxy groups -OCH3 is 1. The van der Waals surface area contributed by atoms with E-state index in [9.17, 15) is 9.59 Å². The molecule has 0 aromatic carbocycles. The molecule has 0 atom stereocenters. The van der Waals surface area contributed by atoms with Gasteiger partial charge in [0.25, 0.3) is 0 Å². The third kappa shape index (κ3) is 6.16. The predicted molar refractivity (Wildman–Crippen MR) is 112 cm³/mol. The first-order chi connectivity index (χ1) is 13.7. The van der Waals surface area contributed by atoms with E-state index in [0.29, 0.717) is 38.4 Å². The maximum atomic E-state index is 12.4. The Morgan fingerprint density at radius 1 is 1.29 bits per heavy atom. The number of hydrogen-bond acceptors (Lipinski definition) is 9. The van der Waals surface area contributed by atoms with Crippen LogP contribution >= 0.6 is 34.4 Å². The average molecular weight is 442 g/mol. The fourth-order valence-electron chi connectivity index (χ4n) is 2.68. The Morgan fingerprint density at radius 3 is 2.82 bits per heavy atom. The van der Waals surface area contributed by atoms with Gasteiger partial charge in [-0.2, -0.15) is 0 Å². The Bertz CT molecular complexity index is 760. The Kier molecular flexibility index (Phi) is 8.07. The molecule has 2 amide bonds. The van der Waals surface area contributed by atoms with Crippen molar-refractivity contribution in [1.29, 1.82) is 0 Å². The fraction of sp³-hybridized carbons (Fsp3) is 0.529. The molecule has 0 unspecified atom stereocenters. The molecule has 152 valence electrons. The first-order valence-corrected chi connectivity index (χ1v) is 11.6. The topological polar surface area (TPSA) is 87.7 Å². The number of aromatic nitrogens is 2. The second-order valence-electron chi connectivity index (χ2n) is 6.11. The van der Waals surface area contributed by atoms with E-state index in [1.165, 1.54) is 23.1 Å². The Morgan fingerprint density at radius 2 is 2.11 bits per heavy atom. The molecule has 28 heavy (non-hydrogen) atoms. The lowest BCUT2D eigenvalue weighted by molar-refractivity contribution is -0.130. The van der Waals surface area contributed by atoms with Crippen LogP contribution in [0.4, 0.5) is 5.13 Å². The van der Waals surface area contributed by atoms with Crippen LogP contribution in [0.25, 0.3) is 0 Å². The normalized spacial score (nSPS) is 14.3. The van der Waals surface area contributed by atoms with Crippen molar-refractivity contribution >= 4 is 51.4 Å². The number of thioether (sulfide) groups is 1. The van der Waals surface area contributed by atoms with E-state index < -0.39 is 0 Å². The van der Waals surface area contributed by atoms with Crippen molar-refractivity contribution in [1.82, 2.24) is 20.4 Å². The van der Waals surface area contributed by atoms with Crippen LogP contribution < -0.4 is 10.2 Å². The first kappa shape index (κ1) is 21.0. The summed E-state index contributed by atoms with van der Waals surface area (Å²) in [5, 5.41) is 14.0. The molecule has 1 N–H and O–H groups in total. The molecule has 0 bridgehead atoms. The van der Waals surface area contributed by atoms with E-state index >= 15 is 0 Å². The standard InChI is InChI=1S/C17H23N5O3S3/c1-25-9-4-18-14(23)12-27-17-20-19-16(28-17)22-7-5-21(6-8-22)15(24)11-13-3-2-10-26-13/h2-3,10H,4-9,11-12H2,1H3,(H,18,23). The molecule has 2 aromatic heterocycles. The van der Waals surface area contributed by atoms with E-state index in [1.54, 1.807) is 18.4 Å². The smallest absolute Gasteiger partial charge is 0.230 e. The maximum Gasteiger partial charge on any atom is 0.230 e. The summed E-state index contributed by atoms with van der Waals surface area (Å²) in [7, 11) is 1.60. The van der Waals surface area contributed by atoms with Crippen molar-refractivity contribution in [3.63, 3.8) is 0 Å². The number of piperazine rings is 1.